The average molecular weight is 660 g/mol. The van der Waals surface area contributed by atoms with Gasteiger partial charge in [-0.05, 0) is 92.2 Å². The minimum absolute atomic E-state index is 0.0711. The van der Waals surface area contributed by atoms with E-state index in [1.54, 1.807) is 0 Å². The van der Waals surface area contributed by atoms with Crippen LogP contribution in [0.2, 0.25) is 0 Å². The molecule has 4 heteroatoms. The summed E-state index contributed by atoms with van der Waals surface area (Å²) in [5, 5.41) is 0. The molecule has 2 aliphatic heterocycles. The SMILES string of the molecule is Cc1ccc(C(c2ccc(C)cc2)c2cc(N(c3ccc(C)cc3)c3ccc(C)cc3)c3c4c2Oc2ccccc2B4c2ccccc2O3)cc1. The van der Waals surface area contributed by atoms with Crippen molar-refractivity contribution >= 4 is 40.2 Å². The monoisotopic (exact) mass is 659 g/mol. The number of aryl methyl sites for hydroxylation is 4. The summed E-state index contributed by atoms with van der Waals surface area (Å²) in [6.07, 6.45) is 0. The van der Waals surface area contributed by atoms with Crippen LogP contribution in [0.1, 0.15) is 44.9 Å². The number of hydrogen-bond acceptors (Lipinski definition) is 3. The number of ether oxygens (including phenoxy) is 2. The lowest BCUT2D eigenvalue weighted by molar-refractivity contribution is 0.460. The van der Waals surface area contributed by atoms with E-state index in [0.29, 0.717) is 0 Å². The predicted octanol–water partition coefficient (Wildman–Crippen LogP) is 10.3. The van der Waals surface area contributed by atoms with E-state index in [-0.39, 0.29) is 12.6 Å². The Bertz CT molecular complexity index is 2140. The highest BCUT2D eigenvalue weighted by atomic mass is 16.5. The van der Waals surface area contributed by atoms with Crippen molar-refractivity contribution in [3.8, 4) is 23.0 Å². The Kier molecular flexibility index (Phi) is 7.54. The van der Waals surface area contributed by atoms with Crippen LogP contribution in [0.3, 0.4) is 0 Å². The van der Waals surface area contributed by atoms with Gasteiger partial charge in [-0.1, -0.05) is 131 Å². The Morgan fingerprint density at radius 1 is 0.471 bits per heavy atom. The predicted molar refractivity (Wildman–Crippen MR) is 212 cm³/mol. The molecule has 9 rings (SSSR count). The molecule has 246 valence electrons. The first kappa shape index (κ1) is 31.0. The standard InChI is InChI=1S/C47H38BNO2/c1-30-13-21-34(22-14-30)44(35-23-15-31(2)16-24-35)38-29-41(49(36-25-17-32(3)18-26-36)37-27-19-33(4)20-28-37)47-45-46(38)50-42-11-7-5-9-39(42)48(45)40-10-6-8-12-43(40)51-47/h5-29,44H,1-4H3. The zero-order valence-electron chi connectivity index (χ0n) is 29.4. The minimum Gasteiger partial charge on any atom is -0.458 e. The van der Waals surface area contributed by atoms with E-state index in [0.717, 1.165) is 62.0 Å². The molecule has 0 N–H and O–H groups in total. The van der Waals surface area contributed by atoms with E-state index in [4.69, 9.17) is 9.47 Å². The van der Waals surface area contributed by atoms with Gasteiger partial charge in [-0.15, -0.1) is 0 Å². The normalized spacial score (nSPS) is 12.4. The summed E-state index contributed by atoms with van der Waals surface area (Å²) < 4.78 is 14.2. The van der Waals surface area contributed by atoms with Crippen molar-refractivity contribution < 1.29 is 9.47 Å². The molecule has 3 nitrogen and oxygen atoms in total. The summed E-state index contributed by atoms with van der Waals surface area (Å²) in [5.74, 6) is 3.33. The largest absolute Gasteiger partial charge is 0.458 e. The molecule has 0 saturated carbocycles. The zero-order chi connectivity index (χ0) is 34.6. The topological polar surface area (TPSA) is 21.7 Å². The second kappa shape index (κ2) is 12.4. The summed E-state index contributed by atoms with van der Waals surface area (Å²) in [4.78, 5) is 2.35. The van der Waals surface area contributed by atoms with E-state index in [1.165, 1.54) is 33.4 Å². The number of benzene rings is 7. The first-order chi connectivity index (χ1) is 24.9. The summed E-state index contributed by atoms with van der Waals surface area (Å²) in [6, 6.07) is 54.8. The van der Waals surface area contributed by atoms with Crippen LogP contribution in [0.5, 0.6) is 23.0 Å². The maximum Gasteiger partial charge on any atom is 0.260 e. The molecule has 0 fully saturated rings. The van der Waals surface area contributed by atoms with Crippen LogP contribution in [-0.2, 0) is 0 Å². The average Bonchev–Trinajstić information content (AvgIpc) is 3.16. The van der Waals surface area contributed by atoms with E-state index < -0.39 is 0 Å². The van der Waals surface area contributed by atoms with Crippen LogP contribution >= 0.6 is 0 Å². The molecule has 0 bridgehead atoms. The maximum absolute atomic E-state index is 7.12. The molecule has 7 aromatic rings. The third kappa shape index (κ3) is 5.39. The number of hydrogen-bond donors (Lipinski definition) is 0. The van der Waals surface area contributed by atoms with Gasteiger partial charge in [0.15, 0.2) is 0 Å². The highest BCUT2D eigenvalue weighted by Crippen LogP contribution is 2.50. The molecule has 51 heavy (non-hydrogen) atoms. The Morgan fingerprint density at radius 2 is 0.882 bits per heavy atom. The van der Waals surface area contributed by atoms with Crippen molar-refractivity contribution in [3.63, 3.8) is 0 Å². The molecular weight excluding hydrogens is 621 g/mol. The summed E-state index contributed by atoms with van der Waals surface area (Å²) >= 11 is 0. The van der Waals surface area contributed by atoms with Gasteiger partial charge < -0.3 is 14.4 Å². The number of fused-ring (bicyclic) bond motifs is 4. The zero-order valence-corrected chi connectivity index (χ0v) is 29.4. The van der Waals surface area contributed by atoms with Crippen LogP contribution < -0.4 is 30.8 Å². The maximum atomic E-state index is 7.12. The van der Waals surface area contributed by atoms with Crippen LogP contribution in [0.25, 0.3) is 0 Å². The quantitative estimate of drug-likeness (QED) is 0.131. The van der Waals surface area contributed by atoms with Gasteiger partial charge in [0.1, 0.15) is 23.0 Å². The van der Waals surface area contributed by atoms with E-state index in [1.807, 2.05) is 0 Å². The lowest BCUT2D eigenvalue weighted by Gasteiger charge is -2.38. The fourth-order valence-electron chi connectivity index (χ4n) is 7.75. The Balaban J connectivity index is 1.41. The van der Waals surface area contributed by atoms with Crippen molar-refractivity contribution in [3.05, 3.63) is 191 Å². The van der Waals surface area contributed by atoms with Gasteiger partial charge in [-0.2, -0.15) is 0 Å². The van der Waals surface area contributed by atoms with Crippen molar-refractivity contribution in [2.24, 2.45) is 0 Å². The van der Waals surface area contributed by atoms with E-state index in [2.05, 4.69) is 184 Å². The number of anilines is 3. The van der Waals surface area contributed by atoms with Gasteiger partial charge in [-0.25, -0.2) is 0 Å². The lowest BCUT2D eigenvalue weighted by Crippen LogP contribution is -2.57. The third-order valence-corrected chi connectivity index (χ3v) is 10.4. The molecule has 7 aromatic carbocycles. The molecule has 0 aromatic heterocycles. The van der Waals surface area contributed by atoms with Crippen LogP contribution in [0.15, 0.2) is 152 Å². The van der Waals surface area contributed by atoms with Crippen molar-refractivity contribution in [1.82, 2.24) is 0 Å². The highest BCUT2D eigenvalue weighted by molar-refractivity contribution is 6.98. The van der Waals surface area contributed by atoms with Crippen LogP contribution in [0.4, 0.5) is 17.1 Å². The first-order valence-corrected chi connectivity index (χ1v) is 17.7. The Labute approximate surface area is 300 Å². The van der Waals surface area contributed by atoms with Crippen LogP contribution in [0, 0.1) is 27.7 Å². The smallest absolute Gasteiger partial charge is 0.260 e. The second-order valence-electron chi connectivity index (χ2n) is 14.0. The number of nitrogens with zero attached hydrogens (tertiary/aromatic N) is 1. The van der Waals surface area contributed by atoms with E-state index in [9.17, 15) is 0 Å². The van der Waals surface area contributed by atoms with Gasteiger partial charge in [0.05, 0.1) is 5.69 Å². The van der Waals surface area contributed by atoms with Gasteiger partial charge in [0, 0.05) is 28.3 Å². The molecule has 0 saturated heterocycles. The van der Waals surface area contributed by atoms with Crippen molar-refractivity contribution in [1.29, 1.82) is 0 Å². The molecule has 0 amide bonds. The van der Waals surface area contributed by atoms with Gasteiger partial charge in [-0.3, -0.25) is 0 Å². The van der Waals surface area contributed by atoms with Crippen LogP contribution in [-0.4, -0.2) is 6.71 Å². The summed E-state index contributed by atoms with van der Waals surface area (Å²) in [7, 11) is 0. The molecule has 2 aliphatic rings. The minimum atomic E-state index is -0.105. The summed E-state index contributed by atoms with van der Waals surface area (Å²) in [6.45, 7) is 8.48. The second-order valence-corrected chi connectivity index (χ2v) is 14.0. The number of rotatable bonds is 6. The summed E-state index contributed by atoms with van der Waals surface area (Å²) in [5.41, 5.74) is 14.8. The molecule has 0 radical (unpaired) electrons. The Morgan fingerprint density at radius 3 is 1.35 bits per heavy atom. The van der Waals surface area contributed by atoms with Crippen molar-refractivity contribution in [2.45, 2.75) is 33.6 Å². The molecule has 0 atom stereocenters. The molecule has 0 unspecified atom stereocenters. The Hall–Kier alpha value is -6.00. The van der Waals surface area contributed by atoms with Gasteiger partial charge in [0.25, 0.3) is 6.71 Å². The van der Waals surface area contributed by atoms with Gasteiger partial charge >= 0.3 is 0 Å². The first-order valence-electron chi connectivity index (χ1n) is 17.7. The number of para-hydroxylation sites is 2. The van der Waals surface area contributed by atoms with Gasteiger partial charge in [0.2, 0.25) is 0 Å². The lowest BCUT2D eigenvalue weighted by atomic mass is 9.34. The molecule has 0 spiro atoms. The third-order valence-electron chi connectivity index (χ3n) is 10.4. The molecular formula is C47H38BNO2. The van der Waals surface area contributed by atoms with Crippen molar-refractivity contribution in [2.75, 3.05) is 4.90 Å². The fourth-order valence-corrected chi connectivity index (χ4v) is 7.75. The molecule has 2 heterocycles. The van der Waals surface area contributed by atoms with E-state index >= 15 is 0 Å². The fraction of sp³-hybridized carbons (Fsp3) is 0.106. The highest BCUT2D eigenvalue weighted by Gasteiger charge is 2.44. The molecule has 0 aliphatic carbocycles.